The van der Waals surface area contributed by atoms with Gasteiger partial charge in [-0.15, -0.1) is 11.6 Å². The number of alkyl halides is 1. The lowest BCUT2D eigenvalue weighted by Gasteiger charge is -2.31. The highest BCUT2D eigenvalue weighted by molar-refractivity contribution is 7.89. The van der Waals surface area contributed by atoms with Crippen molar-refractivity contribution >= 4 is 50.6 Å². The summed E-state index contributed by atoms with van der Waals surface area (Å²) in [6.45, 7) is 4.95. The van der Waals surface area contributed by atoms with E-state index in [9.17, 15) is 13.2 Å². The third kappa shape index (κ3) is 3.36. The van der Waals surface area contributed by atoms with Crippen molar-refractivity contribution in [3.63, 3.8) is 0 Å². The van der Waals surface area contributed by atoms with Crippen LogP contribution in [0.2, 0.25) is 0 Å². The average molecular weight is 409 g/mol. The van der Waals surface area contributed by atoms with Gasteiger partial charge >= 0.3 is 0 Å². The standard InChI is InChI=1S/C16H16Cl3NO3S/c1-9(2)11-12(17)15(21)16(3,19)14(18)13(11)20-24(22,23)10-7-5-4-6-8-10/h4-9,20H,1-3H3. The van der Waals surface area contributed by atoms with Gasteiger partial charge in [-0.25, -0.2) is 8.42 Å². The minimum Gasteiger partial charge on any atom is -0.291 e. The monoisotopic (exact) mass is 407 g/mol. The average Bonchev–Trinajstić information content (AvgIpc) is 2.51. The van der Waals surface area contributed by atoms with Crippen molar-refractivity contribution in [1.82, 2.24) is 4.72 Å². The molecule has 0 fully saturated rings. The molecule has 130 valence electrons. The Kier molecular flexibility index (Phi) is 5.40. The minimum absolute atomic E-state index is 0.0534. The highest BCUT2D eigenvalue weighted by Gasteiger charge is 2.45. The Bertz CT molecular complexity index is 841. The highest BCUT2D eigenvalue weighted by Crippen LogP contribution is 2.44. The maximum Gasteiger partial charge on any atom is 0.261 e. The molecule has 0 aromatic heterocycles. The topological polar surface area (TPSA) is 63.2 Å². The van der Waals surface area contributed by atoms with E-state index in [0.29, 0.717) is 5.57 Å². The first-order valence-electron chi connectivity index (χ1n) is 7.12. The second kappa shape index (κ2) is 6.71. The number of sulfonamides is 1. The molecule has 24 heavy (non-hydrogen) atoms. The van der Waals surface area contributed by atoms with Gasteiger partial charge in [0.15, 0.2) is 0 Å². The van der Waals surface area contributed by atoms with Gasteiger partial charge in [0, 0.05) is 5.57 Å². The zero-order valence-corrected chi connectivity index (χ0v) is 16.3. The normalized spacial score (nSPS) is 22.4. The summed E-state index contributed by atoms with van der Waals surface area (Å²) in [6.07, 6.45) is 0. The summed E-state index contributed by atoms with van der Waals surface area (Å²) in [4.78, 5) is 10.8. The fourth-order valence-electron chi connectivity index (χ4n) is 2.33. The maximum absolute atomic E-state index is 12.6. The Balaban J connectivity index is 2.61. The molecule has 0 heterocycles. The molecule has 0 aliphatic heterocycles. The molecule has 2 rings (SSSR count). The first-order chi connectivity index (χ1) is 11.0. The number of carbonyl (C=O) groups excluding carboxylic acids is 1. The number of hydrogen-bond acceptors (Lipinski definition) is 3. The van der Waals surface area contributed by atoms with Gasteiger partial charge in [0.1, 0.15) is 4.87 Å². The number of allylic oxidation sites excluding steroid dienone is 3. The van der Waals surface area contributed by atoms with Gasteiger partial charge in [-0.2, -0.15) is 0 Å². The Morgan fingerprint density at radius 2 is 1.67 bits per heavy atom. The van der Waals surface area contributed by atoms with Crippen molar-refractivity contribution in [2.24, 2.45) is 5.92 Å². The zero-order chi connectivity index (χ0) is 18.3. The largest absolute Gasteiger partial charge is 0.291 e. The van der Waals surface area contributed by atoms with Gasteiger partial charge in [0.25, 0.3) is 10.0 Å². The summed E-state index contributed by atoms with van der Waals surface area (Å²) >= 11 is 18.7. The van der Waals surface area contributed by atoms with Crippen LogP contribution in [0.1, 0.15) is 20.8 Å². The lowest BCUT2D eigenvalue weighted by Crippen LogP contribution is -2.39. The van der Waals surface area contributed by atoms with Gasteiger partial charge in [0.05, 0.1) is 20.7 Å². The first kappa shape index (κ1) is 19.3. The van der Waals surface area contributed by atoms with E-state index >= 15 is 0 Å². The molecule has 0 radical (unpaired) electrons. The van der Waals surface area contributed by atoms with Crippen LogP contribution < -0.4 is 4.72 Å². The van der Waals surface area contributed by atoms with E-state index in [1.807, 2.05) is 0 Å². The molecule has 1 unspecified atom stereocenters. The van der Waals surface area contributed by atoms with Crippen LogP contribution in [0.4, 0.5) is 0 Å². The molecular weight excluding hydrogens is 393 g/mol. The molecular formula is C16H16Cl3NO3S. The SMILES string of the molecule is CC(C)C1=C(Cl)C(=O)C(C)(Cl)C(Cl)=C1NS(=O)(=O)c1ccccc1. The van der Waals surface area contributed by atoms with Crippen LogP contribution in [0.15, 0.2) is 56.6 Å². The summed E-state index contributed by atoms with van der Waals surface area (Å²) < 4.78 is 27.7. The number of rotatable bonds is 4. The number of carbonyl (C=O) groups is 1. The molecule has 0 amide bonds. The number of nitrogens with one attached hydrogen (secondary N) is 1. The lowest BCUT2D eigenvalue weighted by atomic mass is 9.88. The molecule has 1 N–H and O–H groups in total. The van der Waals surface area contributed by atoms with Crippen molar-refractivity contribution in [3.8, 4) is 0 Å². The van der Waals surface area contributed by atoms with E-state index in [1.165, 1.54) is 19.1 Å². The van der Waals surface area contributed by atoms with Crippen LogP contribution >= 0.6 is 34.8 Å². The van der Waals surface area contributed by atoms with E-state index in [4.69, 9.17) is 34.8 Å². The summed E-state index contributed by atoms with van der Waals surface area (Å²) in [5, 5.41) is -0.209. The molecule has 0 saturated heterocycles. The van der Waals surface area contributed by atoms with Gasteiger partial charge in [-0.3, -0.25) is 9.52 Å². The van der Waals surface area contributed by atoms with E-state index < -0.39 is 20.7 Å². The first-order valence-corrected chi connectivity index (χ1v) is 9.73. The summed E-state index contributed by atoms with van der Waals surface area (Å²) in [5.41, 5.74) is 0.377. The van der Waals surface area contributed by atoms with Crippen LogP contribution in [0.5, 0.6) is 0 Å². The van der Waals surface area contributed by atoms with Crippen molar-refractivity contribution < 1.29 is 13.2 Å². The van der Waals surface area contributed by atoms with Gasteiger partial charge in [0.2, 0.25) is 5.78 Å². The fourth-order valence-corrected chi connectivity index (χ4v) is 4.47. The second-order valence-electron chi connectivity index (χ2n) is 5.82. The Labute approximate surface area is 156 Å². The Hall–Kier alpha value is -1.01. The molecule has 1 aliphatic rings. The van der Waals surface area contributed by atoms with Crippen LogP contribution in [-0.4, -0.2) is 19.1 Å². The van der Waals surface area contributed by atoms with E-state index in [-0.39, 0.29) is 26.6 Å². The maximum atomic E-state index is 12.6. The van der Waals surface area contributed by atoms with E-state index in [2.05, 4.69) is 4.72 Å². The second-order valence-corrected chi connectivity index (χ2v) is 9.02. The minimum atomic E-state index is -3.91. The van der Waals surface area contributed by atoms with Crippen LogP contribution in [0.3, 0.4) is 0 Å². The predicted octanol–water partition coefficient (Wildman–Crippen LogP) is 4.14. The van der Waals surface area contributed by atoms with Crippen LogP contribution in [-0.2, 0) is 14.8 Å². The molecule has 1 aromatic rings. The number of Topliss-reactive ketones (excluding diaryl/α,β-unsaturated/α-hetero) is 1. The van der Waals surface area contributed by atoms with Crippen molar-refractivity contribution in [3.05, 3.63) is 51.7 Å². The van der Waals surface area contributed by atoms with E-state index in [0.717, 1.165) is 0 Å². The smallest absolute Gasteiger partial charge is 0.261 e. The van der Waals surface area contributed by atoms with Gasteiger partial charge in [-0.05, 0) is 25.0 Å². The van der Waals surface area contributed by atoms with E-state index in [1.54, 1.807) is 32.0 Å². The molecule has 1 aliphatic carbocycles. The molecule has 8 heteroatoms. The third-order valence-corrected chi connectivity index (χ3v) is 6.40. The van der Waals surface area contributed by atoms with Crippen LogP contribution in [0, 0.1) is 5.92 Å². The lowest BCUT2D eigenvalue weighted by molar-refractivity contribution is -0.116. The third-order valence-electron chi connectivity index (χ3n) is 3.63. The molecule has 1 aromatic carbocycles. The molecule has 0 spiro atoms. The highest BCUT2D eigenvalue weighted by atomic mass is 35.5. The number of halogens is 3. The summed E-state index contributed by atoms with van der Waals surface area (Å²) in [6, 6.07) is 7.81. The summed E-state index contributed by atoms with van der Waals surface area (Å²) in [5.74, 6) is -0.793. The Morgan fingerprint density at radius 1 is 1.12 bits per heavy atom. The van der Waals surface area contributed by atoms with Crippen molar-refractivity contribution in [1.29, 1.82) is 0 Å². The Morgan fingerprint density at radius 3 is 2.17 bits per heavy atom. The number of hydrogen-bond donors (Lipinski definition) is 1. The summed E-state index contributed by atoms with van der Waals surface area (Å²) in [7, 11) is -3.91. The van der Waals surface area contributed by atoms with Gasteiger partial charge < -0.3 is 0 Å². The fraction of sp³-hybridized carbons (Fsp3) is 0.312. The van der Waals surface area contributed by atoms with Crippen LogP contribution in [0.25, 0.3) is 0 Å². The number of benzene rings is 1. The molecule has 1 atom stereocenters. The molecule has 0 bridgehead atoms. The predicted molar refractivity (Wildman–Crippen MR) is 96.6 cm³/mol. The molecule has 4 nitrogen and oxygen atoms in total. The zero-order valence-electron chi connectivity index (χ0n) is 13.2. The number of ketones is 1. The van der Waals surface area contributed by atoms with Crippen molar-refractivity contribution in [2.75, 3.05) is 0 Å². The van der Waals surface area contributed by atoms with Crippen molar-refractivity contribution in [2.45, 2.75) is 30.5 Å². The quantitative estimate of drug-likeness (QED) is 0.761. The van der Waals surface area contributed by atoms with Gasteiger partial charge in [-0.1, -0.05) is 55.2 Å². The molecule has 0 saturated carbocycles.